The van der Waals surface area contributed by atoms with E-state index < -0.39 is 6.09 Å². The fourth-order valence-corrected chi connectivity index (χ4v) is 2.42. The summed E-state index contributed by atoms with van der Waals surface area (Å²) in [5.74, 6) is 0.738. The van der Waals surface area contributed by atoms with Crippen LogP contribution in [-0.2, 0) is 16.9 Å². The minimum atomic E-state index is -0.490. The van der Waals surface area contributed by atoms with Gasteiger partial charge in [-0.2, -0.15) is 5.10 Å². The number of rotatable bonds is 4. The van der Waals surface area contributed by atoms with Gasteiger partial charge in [-0.25, -0.2) is 4.79 Å². The predicted octanol–water partition coefficient (Wildman–Crippen LogP) is 4.01. The van der Waals surface area contributed by atoms with E-state index in [0.29, 0.717) is 12.3 Å². The van der Waals surface area contributed by atoms with Gasteiger partial charge in [0.25, 0.3) is 0 Å². The molecular weight excluding hydrogens is 306 g/mol. The van der Waals surface area contributed by atoms with Gasteiger partial charge in [0.1, 0.15) is 12.4 Å². The zero-order chi connectivity index (χ0) is 17.9. The van der Waals surface area contributed by atoms with E-state index in [0.717, 1.165) is 22.7 Å². The van der Waals surface area contributed by atoms with Crippen LogP contribution in [0.5, 0.6) is 5.75 Å². The number of carbonyl (C=O) groups is 1. The molecule has 0 saturated carbocycles. The molecule has 0 aliphatic rings. The second-order valence-electron chi connectivity index (χ2n) is 6.74. The van der Waals surface area contributed by atoms with Gasteiger partial charge in [0, 0.05) is 5.69 Å². The Morgan fingerprint density at radius 1 is 1.25 bits per heavy atom. The van der Waals surface area contributed by atoms with Crippen LogP contribution in [0.4, 0.5) is 10.5 Å². The van der Waals surface area contributed by atoms with E-state index in [1.807, 2.05) is 36.7 Å². The molecule has 0 fully saturated rings. The number of hydrogen-bond donors (Lipinski definition) is 1. The summed E-state index contributed by atoms with van der Waals surface area (Å²) in [6, 6.07) is 7.54. The summed E-state index contributed by atoms with van der Waals surface area (Å²) < 4.78 is 12.5. The topological polar surface area (TPSA) is 65.4 Å². The van der Waals surface area contributed by atoms with Crippen LogP contribution in [0.3, 0.4) is 0 Å². The van der Waals surface area contributed by atoms with E-state index in [4.69, 9.17) is 4.74 Å². The quantitative estimate of drug-likeness (QED) is 0.919. The molecule has 1 aromatic heterocycles. The molecule has 0 bridgehead atoms. The number of hydrogen-bond acceptors (Lipinski definition) is 4. The summed E-state index contributed by atoms with van der Waals surface area (Å²) in [4.78, 5) is 11.3. The average Bonchev–Trinajstić information content (AvgIpc) is 2.88. The van der Waals surface area contributed by atoms with Crippen molar-refractivity contribution in [1.29, 1.82) is 0 Å². The van der Waals surface area contributed by atoms with Gasteiger partial charge < -0.3 is 9.47 Å². The van der Waals surface area contributed by atoms with Crippen molar-refractivity contribution in [2.75, 3.05) is 12.4 Å². The SMILES string of the molecule is COC(=O)Nc1ccc(OCc2cc(C)nn2C(C)(C)C)cc1C. The Morgan fingerprint density at radius 2 is 1.96 bits per heavy atom. The third-order valence-corrected chi connectivity index (χ3v) is 3.55. The molecule has 2 rings (SSSR count). The van der Waals surface area contributed by atoms with Crippen LogP contribution in [0.25, 0.3) is 0 Å². The van der Waals surface area contributed by atoms with Gasteiger partial charge in [-0.3, -0.25) is 10.00 Å². The molecule has 130 valence electrons. The molecule has 1 heterocycles. The summed E-state index contributed by atoms with van der Waals surface area (Å²) >= 11 is 0. The van der Waals surface area contributed by atoms with Gasteiger partial charge in [0.05, 0.1) is 24.0 Å². The normalized spacial score (nSPS) is 11.2. The molecule has 1 amide bonds. The fourth-order valence-electron chi connectivity index (χ4n) is 2.42. The van der Waals surface area contributed by atoms with E-state index in [-0.39, 0.29) is 5.54 Å². The van der Waals surface area contributed by atoms with Crippen molar-refractivity contribution in [1.82, 2.24) is 9.78 Å². The van der Waals surface area contributed by atoms with Crippen molar-refractivity contribution in [2.24, 2.45) is 0 Å². The number of ether oxygens (including phenoxy) is 2. The van der Waals surface area contributed by atoms with Crippen LogP contribution < -0.4 is 10.1 Å². The van der Waals surface area contributed by atoms with Crippen LogP contribution in [0.15, 0.2) is 24.3 Å². The van der Waals surface area contributed by atoms with Crippen LogP contribution in [0.1, 0.15) is 37.7 Å². The number of carbonyl (C=O) groups excluding carboxylic acids is 1. The van der Waals surface area contributed by atoms with Crippen LogP contribution in [0.2, 0.25) is 0 Å². The van der Waals surface area contributed by atoms with Crippen LogP contribution >= 0.6 is 0 Å². The zero-order valence-electron chi connectivity index (χ0n) is 15.1. The highest BCUT2D eigenvalue weighted by molar-refractivity contribution is 5.85. The Kier molecular flexibility index (Phi) is 5.17. The minimum absolute atomic E-state index is 0.100. The lowest BCUT2D eigenvalue weighted by Crippen LogP contribution is -2.26. The van der Waals surface area contributed by atoms with Crippen molar-refractivity contribution < 1.29 is 14.3 Å². The molecule has 0 unspecified atom stereocenters. The maximum absolute atomic E-state index is 11.3. The van der Waals surface area contributed by atoms with Gasteiger partial charge in [-0.1, -0.05) is 0 Å². The number of nitrogens with one attached hydrogen (secondary N) is 1. The number of nitrogens with zero attached hydrogens (tertiary/aromatic N) is 2. The zero-order valence-corrected chi connectivity index (χ0v) is 15.1. The van der Waals surface area contributed by atoms with Gasteiger partial charge in [0.2, 0.25) is 0 Å². The van der Waals surface area contributed by atoms with Crippen molar-refractivity contribution in [3.05, 3.63) is 41.2 Å². The van der Waals surface area contributed by atoms with E-state index in [1.54, 1.807) is 6.07 Å². The molecule has 1 N–H and O–H groups in total. The first kappa shape index (κ1) is 17.8. The fraction of sp³-hybridized carbons (Fsp3) is 0.444. The average molecular weight is 331 g/mol. The lowest BCUT2D eigenvalue weighted by molar-refractivity contribution is 0.187. The highest BCUT2D eigenvalue weighted by atomic mass is 16.5. The Morgan fingerprint density at radius 3 is 2.54 bits per heavy atom. The largest absolute Gasteiger partial charge is 0.487 e. The molecule has 6 nitrogen and oxygen atoms in total. The van der Waals surface area contributed by atoms with Gasteiger partial charge >= 0.3 is 6.09 Å². The predicted molar refractivity (Wildman–Crippen MR) is 93.5 cm³/mol. The maximum atomic E-state index is 11.3. The molecule has 6 heteroatoms. The molecule has 0 saturated heterocycles. The van der Waals surface area contributed by atoms with E-state index >= 15 is 0 Å². The van der Waals surface area contributed by atoms with E-state index in [1.165, 1.54) is 7.11 Å². The summed E-state index contributed by atoms with van der Waals surface area (Å²) in [5.41, 5.74) is 3.49. The number of benzene rings is 1. The van der Waals surface area contributed by atoms with Crippen LogP contribution in [0, 0.1) is 13.8 Å². The monoisotopic (exact) mass is 331 g/mol. The third kappa shape index (κ3) is 4.28. The Balaban J connectivity index is 2.11. The Labute approximate surface area is 142 Å². The van der Waals surface area contributed by atoms with E-state index in [9.17, 15) is 4.79 Å². The second-order valence-corrected chi connectivity index (χ2v) is 6.74. The summed E-state index contributed by atoms with van der Waals surface area (Å²) in [6.07, 6.45) is -0.490. The molecule has 0 aliphatic heterocycles. The van der Waals surface area contributed by atoms with Gasteiger partial charge in [-0.15, -0.1) is 0 Å². The number of aromatic nitrogens is 2. The second kappa shape index (κ2) is 6.95. The van der Waals surface area contributed by atoms with Crippen molar-refractivity contribution >= 4 is 11.8 Å². The first-order valence-corrected chi connectivity index (χ1v) is 7.85. The molecule has 2 aromatic rings. The molecule has 1 aromatic carbocycles. The maximum Gasteiger partial charge on any atom is 0.411 e. The van der Waals surface area contributed by atoms with Gasteiger partial charge in [0.15, 0.2) is 0 Å². The first-order valence-electron chi connectivity index (χ1n) is 7.85. The Bertz CT molecular complexity index is 730. The standard InChI is InChI=1S/C18H25N3O3/c1-12-9-15(7-8-16(12)19-17(22)23-6)24-11-14-10-13(2)20-21(14)18(3,4)5/h7-10H,11H2,1-6H3,(H,19,22). The number of anilines is 1. The van der Waals surface area contributed by atoms with Crippen LogP contribution in [-0.4, -0.2) is 23.0 Å². The van der Waals surface area contributed by atoms with Gasteiger partial charge in [-0.05, 0) is 64.4 Å². The molecule has 0 atom stereocenters. The molecule has 24 heavy (non-hydrogen) atoms. The highest BCUT2D eigenvalue weighted by Gasteiger charge is 2.19. The minimum Gasteiger partial charge on any atom is -0.487 e. The first-order chi connectivity index (χ1) is 11.2. The number of amides is 1. The van der Waals surface area contributed by atoms with E-state index in [2.05, 4.69) is 35.9 Å². The van der Waals surface area contributed by atoms with Crippen molar-refractivity contribution in [2.45, 2.75) is 46.8 Å². The lowest BCUT2D eigenvalue weighted by Gasteiger charge is -2.22. The summed E-state index contributed by atoms with van der Waals surface area (Å²) in [7, 11) is 1.34. The van der Waals surface area contributed by atoms with Crippen molar-refractivity contribution in [3.63, 3.8) is 0 Å². The molecule has 0 radical (unpaired) electrons. The number of methoxy groups -OCH3 is 1. The summed E-state index contributed by atoms with van der Waals surface area (Å²) in [5, 5.41) is 7.21. The number of aryl methyl sites for hydroxylation is 2. The molecular formula is C18H25N3O3. The van der Waals surface area contributed by atoms with Crippen molar-refractivity contribution in [3.8, 4) is 5.75 Å². The summed E-state index contributed by atoms with van der Waals surface area (Å²) in [6.45, 7) is 10.6. The molecule has 0 aliphatic carbocycles. The smallest absolute Gasteiger partial charge is 0.411 e. The lowest BCUT2D eigenvalue weighted by atomic mass is 10.1. The third-order valence-electron chi connectivity index (χ3n) is 3.55. The Hall–Kier alpha value is -2.50. The highest BCUT2D eigenvalue weighted by Crippen LogP contribution is 2.23. The molecule has 0 spiro atoms.